The number of halogens is 1. The van der Waals surface area contributed by atoms with E-state index in [1.54, 1.807) is 6.92 Å². The summed E-state index contributed by atoms with van der Waals surface area (Å²) in [5.41, 5.74) is 4.43. The molecule has 0 radical (unpaired) electrons. The fourth-order valence-corrected chi connectivity index (χ4v) is 1.46. The van der Waals surface area contributed by atoms with Crippen molar-refractivity contribution in [1.29, 1.82) is 0 Å². The van der Waals surface area contributed by atoms with Crippen LogP contribution in [0.5, 0.6) is 0 Å². The van der Waals surface area contributed by atoms with E-state index >= 15 is 0 Å². The van der Waals surface area contributed by atoms with Crippen molar-refractivity contribution >= 4 is 23.2 Å². The molecule has 1 atom stereocenters. The van der Waals surface area contributed by atoms with Crippen molar-refractivity contribution in [3.05, 3.63) is 21.8 Å². The van der Waals surface area contributed by atoms with Gasteiger partial charge in [-0.2, -0.15) is 0 Å². The lowest BCUT2D eigenvalue weighted by Gasteiger charge is -2.24. The highest BCUT2D eigenvalue weighted by molar-refractivity contribution is 6.31. The SMILES string of the molecule is CC(C(=O)NC(C)(C)C)n1cnc(Cl)c(N)c1=O. The Morgan fingerprint density at radius 3 is 2.61 bits per heavy atom. The number of carbonyl (C=O) groups is 1. The third kappa shape index (κ3) is 3.22. The lowest BCUT2D eigenvalue weighted by atomic mass is 10.1. The van der Waals surface area contributed by atoms with Gasteiger partial charge in [0.1, 0.15) is 18.1 Å². The Bertz CT molecular complexity index is 519. The van der Waals surface area contributed by atoms with Gasteiger partial charge in [0.25, 0.3) is 5.56 Å². The molecule has 6 nitrogen and oxygen atoms in total. The first-order valence-electron chi connectivity index (χ1n) is 5.47. The summed E-state index contributed by atoms with van der Waals surface area (Å²) in [5, 5.41) is 2.72. The molecular weight excluding hydrogens is 256 g/mol. The molecule has 100 valence electrons. The second-order valence-corrected chi connectivity index (χ2v) is 5.43. The molecule has 0 bridgehead atoms. The minimum absolute atomic E-state index is 0.0559. The smallest absolute Gasteiger partial charge is 0.278 e. The number of nitrogens with zero attached hydrogens (tertiary/aromatic N) is 2. The van der Waals surface area contributed by atoms with E-state index in [1.165, 1.54) is 6.33 Å². The Morgan fingerprint density at radius 2 is 2.11 bits per heavy atom. The van der Waals surface area contributed by atoms with Gasteiger partial charge in [-0.15, -0.1) is 0 Å². The monoisotopic (exact) mass is 272 g/mol. The Balaban J connectivity index is 3.05. The zero-order valence-electron chi connectivity index (χ0n) is 10.8. The van der Waals surface area contributed by atoms with Crippen LogP contribution in [0.15, 0.2) is 11.1 Å². The summed E-state index contributed by atoms with van der Waals surface area (Å²) in [5.74, 6) is -0.284. The summed E-state index contributed by atoms with van der Waals surface area (Å²) < 4.78 is 1.16. The van der Waals surface area contributed by atoms with Gasteiger partial charge in [-0.25, -0.2) is 4.98 Å². The molecule has 0 aromatic carbocycles. The fourth-order valence-electron chi connectivity index (χ4n) is 1.34. The van der Waals surface area contributed by atoms with E-state index in [-0.39, 0.29) is 22.3 Å². The highest BCUT2D eigenvalue weighted by Crippen LogP contribution is 2.12. The van der Waals surface area contributed by atoms with Crippen molar-refractivity contribution in [2.24, 2.45) is 0 Å². The minimum atomic E-state index is -0.705. The highest BCUT2D eigenvalue weighted by Gasteiger charge is 2.22. The number of amides is 1. The maximum absolute atomic E-state index is 11.9. The molecule has 0 spiro atoms. The Hall–Kier alpha value is -1.56. The van der Waals surface area contributed by atoms with Crippen LogP contribution in [0.3, 0.4) is 0 Å². The summed E-state index contributed by atoms with van der Waals surface area (Å²) in [6.07, 6.45) is 1.22. The van der Waals surface area contributed by atoms with Gasteiger partial charge in [0, 0.05) is 5.54 Å². The van der Waals surface area contributed by atoms with Gasteiger partial charge in [-0.3, -0.25) is 14.2 Å². The average molecular weight is 273 g/mol. The Labute approximate surface area is 110 Å². The van der Waals surface area contributed by atoms with Crippen LogP contribution in [-0.4, -0.2) is 21.0 Å². The van der Waals surface area contributed by atoms with E-state index in [1.807, 2.05) is 20.8 Å². The zero-order chi connectivity index (χ0) is 14.1. The predicted molar refractivity (Wildman–Crippen MR) is 70.5 cm³/mol. The molecule has 1 unspecified atom stereocenters. The third-order valence-corrected chi connectivity index (χ3v) is 2.58. The lowest BCUT2D eigenvalue weighted by molar-refractivity contribution is -0.125. The molecule has 3 N–H and O–H groups in total. The van der Waals surface area contributed by atoms with Crippen molar-refractivity contribution in [2.75, 3.05) is 5.73 Å². The number of nitrogens with two attached hydrogens (primary N) is 1. The summed E-state index contributed by atoms with van der Waals surface area (Å²) in [4.78, 5) is 27.5. The largest absolute Gasteiger partial charge is 0.392 e. The average Bonchev–Trinajstić information content (AvgIpc) is 2.23. The second-order valence-electron chi connectivity index (χ2n) is 5.08. The second kappa shape index (κ2) is 4.97. The number of aromatic nitrogens is 2. The molecule has 0 saturated heterocycles. The molecule has 7 heteroatoms. The van der Waals surface area contributed by atoms with Crippen LogP contribution in [0.25, 0.3) is 0 Å². The summed E-state index contributed by atoms with van der Waals surface area (Å²) in [6, 6.07) is -0.705. The lowest BCUT2D eigenvalue weighted by Crippen LogP contribution is -2.45. The summed E-state index contributed by atoms with van der Waals surface area (Å²) in [6.45, 7) is 7.16. The maximum Gasteiger partial charge on any atom is 0.278 e. The van der Waals surface area contributed by atoms with Crippen molar-refractivity contribution in [1.82, 2.24) is 14.9 Å². The predicted octanol–water partition coefficient (Wildman–Crippen LogP) is 0.955. The minimum Gasteiger partial charge on any atom is -0.392 e. The molecule has 0 aliphatic rings. The fraction of sp³-hybridized carbons (Fsp3) is 0.545. The molecule has 0 aliphatic carbocycles. The standard InChI is InChI=1S/C11H17ClN4O2/c1-6(9(17)15-11(2,3)4)16-5-14-8(12)7(13)10(16)18/h5-6H,13H2,1-4H3,(H,15,17). The van der Waals surface area contributed by atoms with Gasteiger partial charge >= 0.3 is 0 Å². The van der Waals surface area contributed by atoms with Crippen LogP contribution in [0.2, 0.25) is 5.15 Å². The van der Waals surface area contributed by atoms with E-state index in [9.17, 15) is 9.59 Å². The number of rotatable bonds is 2. The number of carbonyl (C=O) groups excluding carboxylic acids is 1. The number of anilines is 1. The van der Waals surface area contributed by atoms with Crippen LogP contribution in [0, 0.1) is 0 Å². The molecule has 18 heavy (non-hydrogen) atoms. The van der Waals surface area contributed by atoms with Crippen molar-refractivity contribution in [3.63, 3.8) is 0 Å². The third-order valence-electron chi connectivity index (χ3n) is 2.28. The first-order chi connectivity index (χ1) is 8.13. The van der Waals surface area contributed by atoms with E-state index in [0.717, 1.165) is 4.57 Å². The van der Waals surface area contributed by atoms with Gasteiger partial charge in [0.2, 0.25) is 5.91 Å². The Morgan fingerprint density at radius 1 is 1.56 bits per heavy atom. The molecule has 1 heterocycles. The van der Waals surface area contributed by atoms with Crippen molar-refractivity contribution < 1.29 is 4.79 Å². The van der Waals surface area contributed by atoms with Gasteiger partial charge in [0.05, 0.1) is 0 Å². The van der Waals surface area contributed by atoms with Crippen LogP contribution in [0.1, 0.15) is 33.7 Å². The summed E-state index contributed by atoms with van der Waals surface area (Å²) >= 11 is 5.63. The van der Waals surface area contributed by atoms with Crippen LogP contribution < -0.4 is 16.6 Å². The first kappa shape index (κ1) is 14.5. The van der Waals surface area contributed by atoms with E-state index in [2.05, 4.69) is 10.3 Å². The van der Waals surface area contributed by atoms with Gasteiger partial charge in [0.15, 0.2) is 5.15 Å². The summed E-state index contributed by atoms with van der Waals surface area (Å²) in [7, 11) is 0. The van der Waals surface area contributed by atoms with E-state index in [0.29, 0.717) is 0 Å². The molecule has 1 aromatic rings. The molecule has 1 aromatic heterocycles. The molecule has 1 amide bonds. The van der Waals surface area contributed by atoms with E-state index < -0.39 is 11.6 Å². The zero-order valence-corrected chi connectivity index (χ0v) is 11.6. The number of hydrogen-bond acceptors (Lipinski definition) is 4. The first-order valence-corrected chi connectivity index (χ1v) is 5.85. The van der Waals surface area contributed by atoms with E-state index in [4.69, 9.17) is 17.3 Å². The molecule has 0 saturated carbocycles. The number of nitrogen functional groups attached to an aromatic ring is 1. The van der Waals surface area contributed by atoms with Crippen molar-refractivity contribution in [2.45, 2.75) is 39.3 Å². The van der Waals surface area contributed by atoms with Gasteiger partial charge < -0.3 is 11.1 Å². The molecule has 0 aliphatic heterocycles. The van der Waals surface area contributed by atoms with Crippen LogP contribution >= 0.6 is 11.6 Å². The van der Waals surface area contributed by atoms with Crippen LogP contribution in [0.4, 0.5) is 5.69 Å². The maximum atomic E-state index is 11.9. The topological polar surface area (TPSA) is 90.0 Å². The number of nitrogens with one attached hydrogen (secondary N) is 1. The Kier molecular flexibility index (Phi) is 4.01. The van der Waals surface area contributed by atoms with Crippen LogP contribution in [-0.2, 0) is 4.79 Å². The highest BCUT2D eigenvalue weighted by atomic mass is 35.5. The van der Waals surface area contributed by atoms with Gasteiger partial charge in [-0.05, 0) is 27.7 Å². The molecular formula is C11H17ClN4O2. The normalized spacial score (nSPS) is 13.2. The number of hydrogen-bond donors (Lipinski definition) is 2. The van der Waals surface area contributed by atoms with Gasteiger partial charge in [-0.1, -0.05) is 11.6 Å². The van der Waals surface area contributed by atoms with Crippen molar-refractivity contribution in [3.8, 4) is 0 Å². The molecule has 0 fully saturated rings. The molecule has 1 rings (SSSR count). The quantitative estimate of drug-likeness (QED) is 0.785.